The van der Waals surface area contributed by atoms with Crippen molar-refractivity contribution in [2.75, 3.05) is 6.61 Å². The first kappa shape index (κ1) is 15.0. The van der Waals surface area contributed by atoms with Gasteiger partial charge in [-0.2, -0.15) is 0 Å². The van der Waals surface area contributed by atoms with Gasteiger partial charge in [0, 0.05) is 18.7 Å². The van der Waals surface area contributed by atoms with Crippen LogP contribution in [0.4, 0.5) is 0 Å². The van der Waals surface area contributed by atoms with Crippen LogP contribution in [0, 0.1) is 0 Å². The molecule has 0 aliphatic heterocycles. The maximum atomic E-state index is 10.1. The predicted octanol–water partition coefficient (Wildman–Crippen LogP) is 2.92. The van der Waals surface area contributed by atoms with Gasteiger partial charge in [0.1, 0.15) is 12.4 Å². The Kier molecular flexibility index (Phi) is 4.79. The number of hydrogen-bond donors (Lipinski definition) is 0. The average molecular weight is 308 g/mol. The molecule has 0 saturated carbocycles. The van der Waals surface area contributed by atoms with Crippen molar-refractivity contribution in [1.82, 2.24) is 9.97 Å². The Morgan fingerprint density at radius 3 is 2.57 bits per heavy atom. The van der Waals surface area contributed by atoms with Gasteiger partial charge in [0.2, 0.25) is 0 Å². The monoisotopic (exact) mass is 308 g/mol. The smallest absolute Gasteiger partial charge is 0.293 e. The standard InChI is InChI=1S/C18H16N2O3/c21-13-22-7-6-15-8-17-18(19-10-15)9-16(11-20-17)23-12-14-4-2-1-3-5-14/h1-5,8-11,13H,6-7,12H2. The molecular formula is C18H16N2O3. The van der Waals surface area contributed by atoms with E-state index in [0.29, 0.717) is 31.9 Å². The second kappa shape index (κ2) is 7.35. The SMILES string of the molecule is O=COCCc1cnc2cc(OCc3ccccc3)cnc2c1. The quantitative estimate of drug-likeness (QED) is 0.496. The van der Waals surface area contributed by atoms with Crippen LogP contribution in [-0.4, -0.2) is 23.0 Å². The van der Waals surface area contributed by atoms with Gasteiger partial charge in [0.05, 0.1) is 23.8 Å². The maximum absolute atomic E-state index is 10.1. The highest BCUT2D eigenvalue weighted by Gasteiger charge is 2.03. The van der Waals surface area contributed by atoms with Crippen molar-refractivity contribution in [2.24, 2.45) is 0 Å². The lowest BCUT2D eigenvalue weighted by Crippen LogP contribution is -1.99. The average Bonchev–Trinajstić information content (AvgIpc) is 2.61. The normalized spacial score (nSPS) is 10.4. The Labute approximate surface area is 133 Å². The molecule has 5 heteroatoms. The summed E-state index contributed by atoms with van der Waals surface area (Å²) in [7, 11) is 0. The molecule has 2 aromatic heterocycles. The number of aromatic nitrogens is 2. The van der Waals surface area contributed by atoms with Crippen LogP contribution in [0.3, 0.4) is 0 Å². The molecule has 0 amide bonds. The van der Waals surface area contributed by atoms with Crippen molar-refractivity contribution in [3.63, 3.8) is 0 Å². The molecule has 0 saturated heterocycles. The Bertz CT molecular complexity index is 791. The Morgan fingerprint density at radius 1 is 0.957 bits per heavy atom. The minimum absolute atomic E-state index is 0.342. The Morgan fingerprint density at radius 2 is 1.74 bits per heavy atom. The highest BCUT2D eigenvalue weighted by Crippen LogP contribution is 2.18. The van der Waals surface area contributed by atoms with Gasteiger partial charge in [-0.3, -0.25) is 14.8 Å². The summed E-state index contributed by atoms with van der Waals surface area (Å²) in [6, 6.07) is 13.8. The molecule has 0 unspecified atom stereocenters. The molecule has 0 aliphatic carbocycles. The van der Waals surface area contributed by atoms with Gasteiger partial charge >= 0.3 is 0 Å². The predicted molar refractivity (Wildman–Crippen MR) is 86.0 cm³/mol. The summed E-state index contributed by atoms with van der Waals surface area (Å²) in [6.45, 7) is 1.28. The third-order valence-electron chi connectivity index (χ3n) is 3.39. The summed E-state index contributed by atoms with van der Waals surface area (Å²) in [5.74, 6) is 0.686. The zero-order valence-electron chi connectivity index (χ0n) is 12.5. The molecule has 0 atom stereocenters. The number of benzene rings is 1. The molecule has 0 fully saturated rings. The summed E-state index contributed by atoms with van der Waals surface area (Å²) in [5, 5.41) is 0. The second-order valence-electron chi connectivity index (χ2n) is 5.04. The van der Waals surface area contributed by atoms with Gasteiger partial charge in [-0.1, -0.05) is 30.3 Å². The lowest BCUT2D eigenvalue weighted by molar-refractivity contribution is -0.128. The summed E-state index contributed by atoms with van der Waals surface area (Å²) in [5.41, 5.74) is 3.65. The molecule has 5 nitrogen and oxygen atoms in total. The molecule has 1 aromatic carbocycles. The molecule has 0 bridgehead atoms. The lowest BCUT2D eigenvalue weighted by Gasteiger charge is -2.07. The van der Waals surface area contributed by atoms with E-state index in [1.807, 2.05) is 42.5 Å². The first-order valence-electron chi connectivity index (χ1n) is 7.32. The summed E-state index contributed by atoms with van der Waals surface area (Å²) in [4.78, 5) is 18.9. The molecule has 0 aliphatic rings. The molecule has 0 spiro atoms. The van der Waals surface area contributed by atoms with Crippen LogP contribution in [0.5, 0.6) is 5.75 Å². The molecule has 0 N–H and O–H groups in total. The molecule has 3 rings (SSSR count). The van der Waals surface area contributed by atoms with Crippen LogP contribution in [-0.2, 0) is 22.6 Å². The fourth-order valence-electron chi connectivity index (χ4n) is 2.21. The molecule has 2 heterocycles. The number of ether oxygens (including phenoxy) is 2. The fourth-order valence-corrected chi connectivity index (χ4v) is 2.21. The Balaban J connectivity index is 1.69. The van der Waals surface area contributed by atoms with Crippen molar-refractivity contribution in [1.29, 1.82) is 0 Å². The van der Waals surface area contributed by atoms with Gasteiger partial charge in [0.25, 0.3) is 6.47 Å². The van der Waals surface area contributed by atoms with E-state index >= 15 is 0 Å². The van der Waals surface area contributed by atoms with Crippen LogP contribution in [0.2, 0.25) is 0 Å². The highest BCUT2D eigenvalue weighted by molar-refractivity contribution is 5.75. The van der Waals surface area contributed by atoms with Gasteiger partial charge in [0.15, 0.2) is 0 Å². The van der Waals surface area contributed by atoms with E-state index in [0.717, 1.165) is 22.2 Å². The van der Waals surface area contributed by atoms with Crippen LogP contribution in [0.1, 0.15) is 11.1 Å². The summed E-state index contributed by atoms with van der Waals surface area (Å²) < 4.78 is 10.4. The number of hydrogen-bond acceptors (Lipinski definition) is 5. The first-order chi connectivity index (χ1) is 11.3. The third-order valence-corrected chi connectivity index (χ3v) is 3.39. The molecule has 3 aromatic rings. The lowest BCUT2D eigenvalue weighted by atomic mass is 10.2. The van der Waals surface area contributed by atoms with Gasteiger partial charge in [-0.15, -0.1) is 0 Å². The van der Waals surface area contributed by atoms with Crippen molar-refractivity contribution < 1.29 is 14.3 Å². The number of pyridine rings is 2. The number of carbonyl (C=O) groups is 1. The fraction of sp³-hybridized carbons (Fsp3) is 0.167. The van der Waals surface area contributed by atoms with E-state index in [4.69, 9.17) is 9.47 Å². The number of nitrogens with zero attached hydrogens (tertiary/aromatic N) is 2. The topological polar surface area (TPSA) is 61.3 Å². The van der Waals surface area contributed by atoms with Crippen LogP contribution >= 0.6 is 0 Å². The zero-order valence-corrected chi connectivity index (χ0v) is 12.5. The number of rotatable bonds is 7. The molecule has 23 heavy (non-hydrogen) atoms. The van der Waals surface area contributed by atoms with Crippen LogP contribution in [0.25, 0.3) is 11.0 Å². The third kappa shape index (κ3) is 4.03. The molecule has 0 radical (unpaired) electrons. The van der Waals surface area contributed by atoms with E-state index in [-0.39, 0.29) is 0 Å². The van der Waals surface area contributed by atoms with E-state index in [9.17, 15) is 4.79 Å². The van der Waals surface area contributed by atoms with Gasteiger partial charge in [-0.25, -0.2) is 0 Å². The van der Waals surface area contributed by atoms with Crippen LogP contribution < -0.4 is 4.74 Å². The highest BCUT2D eigenvalue weighted by atomic mass is 16.5. The van der Waals surface area contributed by atoms with E-state index in [1.165, 1.54) is 0 Å². The van der Waals surface area contributed by atoms with Crippen molar-refractivity contribution in [3.8, 4) is 5.75 Å². The minimum Gasteiger partial charge on any atom is -0.487 e. The zero-order chi connectivity index (χ0) is 15.9. The van der Waals surface area contributed by atoms with Crippen molar-refractivity contribution in [2.45, 2.75) is 13.0 Å². The summed E-state index contributed by atoms with van der Waals surface area (Å²) in [6.07, 6.45) is 4.08. The minimum atomic E-state index is 0.342. The second-order valence-corrected chi connectivity index (χ2v) is 5.04. The number of carbonyl (C=O) groups excluding carboxylic acids is 1. The first-order valence-corrected chi connectivity index (χ1v) is 7.32. The van der Waals surface area contributed by atoms with E-state index < -0.39 is 0 Å². The molecule has 116 valence electrons. The largest absolute Gasteiger partial charge is 0.487 e. The maximum Gasteiger partial charge on any atom is 0.293 e. The Hall–Kier alpha value is -2.95. The van der Waals surface area contributed by atoms with Crippen LogP contribution in [0.15, 0.2) is 54.9 Å². The molecular weight excluding hydrogens is 292 g/mol. The summed E-state index contributed by atoms with van der Waals surface area (Å²) >= 11 is 0. The van der Waals surface area contributed by atoms with Gasteiger partial charge < -0.3 is 9.47 Å². The van der Waals surface area contributed by atoms with Crippen molar-refractivity contribution >= 4 is 17.5 Å². The van der Waals surface area contributed by atoms with E-state index in [2.05, 4.69) is 9.97 Å². The number of fused-ring (bicyclic) bond motifs is 1. The van der Waals surface area contributed by atoms with Crippen molar-refractivity contribution in [3.05, 3.63) is 66.0 Å². The van der Waals surface area contributed by atoms with Gasteiger partial charge in [-0.05, 0) is 17.2 Å². The van der Waals surface area contributed by atoms with E-state index in [1.54, 1.807) is 12.4 Å².